The van der Waals surface area contributed by atoms with Crippen molar-refractivity contribution in [2.45, 2.75) is 336 Å². The summed E-state index contributed by atoms with van der Waals surface area (Å²) < 4.78 is 70.6. The summed E-state index contributed by atoms with van der Waals surface area (Å²) in [4.78, 5) is 119. The van der Waals surface area contributed by atoms with E-state index in [1.807, 2.05) is 62.3 Å². The first-order chi connectivity index (χ1) is 55.0. The maximum atomic E-state index is 14.0. The smallest absolute Gasteiger partial charge is 0.312 e. The molecule has 25 saturated carbocycles. The predicted molar refractivity (Wildman–Crippen MR) is 422 cm³/mol. The molecule has 0 aromatic carbocycles. The van der Waals surface area contributed by atoms with E-state index in [1.54, 1.807) is 0 Å². The molecule has 2 aliphatic heterocycles. The van der Waals surface area contributed by atoms with E-state index in [0.717, 1.165) is 141 Å². The van der Waals surface area contributed by atoms with Gasteiger partial charge in [-0.05, 0) is 346 Å². The SMILES string of the molecule is CC(C)(C)C(=O)OCC12CC3CC(C1)C1(OC(COC(=O)C45CC6CC(C4)C(=O)C(C6)C5)C(COC(=O)C45CC6CC(C4)C(=O)C(C6)C5)O1)C(C3)C2.CC(C)(C)C(=O)OCC12CC3CC(C1)C1(OC(COC(=O)C45CC6CC(CC(C6)C4)C5)C(COC(=O)C45CC6CC(CC(C6)C4)C5)O1)C(C3)C2.CC(C)(C)C(=O)OCC1CCCCC1. The molecule has 2 saturated heterocycles. The third-order valence-corrected chi connectivity index (χ3v) is 35.4. The van der Waals surface area contributed by atoms with Crippen LogP contribution in [0.1, 0.15) is 300 Å². The maximum Gasteiger partial charge on any atom is 0.312 e. The second-order valence-corrected chi connectivity index (χ2v) is 47.6. The van der Waals surface area contributed by atoms with Crippen molar-refractivity contribution in [2.75, 3.05) is 46.2 Å². The lowest BCUT2D eigenvalue weighted by Gasteiger charge is -2.62. The number of esters is 7. The Kier molecular flexibility index (Phi) is 20.5. The van der Waals surface area contributed by atoms with E-state index in [2.05, 4.69) is 0 Å². The quantitative estimate of drug-likeness (QED) is 0.0912. The number of hydrogen-bond donors (Lipinski definition) is 0. The second-order valence-electron chi connectivity index (χ2n) is 47.6. The molecule has 0 radical (unpaired) electrons. The summed E-state index contributed by atoms with van der Waals surface area (Å²) in [5.41, 5.74) is -3.44. The first-order valence-corrected chi connectivity index (χ1v) is 47.0. The Bertz CT molecular complexity index is 3570. The van der Waals surface area contributed by atoms with Crippen molar-refractivity contribution in [3.8, 4) is 0 Å². The minimum Gasteiger partial charge on any atom is -0.465 e. The maximum absolute atomic E-state index is 14.0. The molecule has 0 N–H and O–H groups in total. The standard InChI is InChI=1S/C42H56O10.C42H60O8.C12H22O2/c1-38(2,3)35(45)50-21-39-10-24-8-29(17-39)42(30(9-24)18-39)51-31(19-48-36(46)40-11-22-4-25(13-40)33(43)26(5-22)14-40)32(52-42)20-49-37(47)41-12-23-6-27(15-41)34(44)28(7-23)16-41;1-38(2,3)35(43)48-23-39-12-30-10-31(19-39)42(32(11-30)20-39)49-33(21-46-36(44)40-13-24-4-25(14-40)6-26(5-24)15-40)34(50-42)22-47-37(45)41-16-27-7-28(17-41)9-29(8-27)18-41;1-12(2,3)11(13)14-9-10-7-5-4-6-8-10/h22-32H,4-21H2,1-3H3;24-34H,4-23H2,1-3H3;10H,4-9H2,1-3H3. The molecule has 20 nitrogen and oxygen atoms in total. The van der Waals surface area contributed by atoms with Crippen molar-refractivity contribution in [1.82, 2.24) is 0 Å². The fourth-order valence-corrected chi connectivity index (χ4v) is 31.8. The Hall–Kier alpha value is -4.53. The van der Waals surface area contributed by atoms with E-state index in [1.165, 1.54) is 70.6 Å². The topological polar surface area (TPSA) is 255 Å². The second kappa shape index (κ2) is 29.3. The summed E-state index contributed by atoms with van der Waals surface area (Å²) in [7, 11) is 0. The van der Waals surface area contributed by atoms with Gasteiger partial charge in [-0.15, -0.1) is 0 Å². The van der Waals surface area contributed by atoms with Gasteiger partial charge in [0, 0.05) is 58.2 Å². The monoisotopic (exact) mass is 1610 g/mol. The molecule has 12 unspecified atom stereocenters. The van der Waals surface area contributed by atoms with Gasteiger partial charge in [0.2, 0.25) is 0 Å². The molecule has 27 fully saturated rings. The fraction of sp³-hybridized carbons (Fsp3) is 0.906. The summed E-state index contributed by atoms with van der Waals surface area (Å²) in [5.74, 6) is 5.11. The highest BCUT2D eigenvalue weighted by Gasteiger charge is 2.72. The van der Waals surface area contributed by atoms with Gasteiger partial charge in [0.25, 0.3) is 0 Å². The Labute approximate surface area is 688 Å². The highest BCUT2D eigenvalue weighted by Crippen LogP contribution is 2.71. The number of Topliss-reactive ketones (excluding diaryl/α,β-unsaturated/α-hetero) is 2. The van der Waals surface area contributed by atoms with Crippen LogP contribution < -0.4 is 0 Å². The highest BCUT2D eigenvalue weighted by molar-refractivity contribution is 5.91. The van der Waals surface area contributed by atoms with Gasteiger partial charge in [0.05, 0.1) is 57.7 Å². The highest BCUT2D eigenvalue weighted by atomic mass is 16.8. The van der Waals surface area contributed by atoms with Crippen LogP contribution in [0.25, 0.3) is 0 Å². The summed E-state index contributed by atoms with van der Waals surface area (Å²) in [6, 6.07) is 0. The molecule has 2 heterocycles. The van der Waals surface area contributed by atoms with E-state index >= 15 is 0 Å². The van der Waals surface area contributed by atoms with Crippen LogP contribution in [0.4, 0.5) is 0 Å². The minimum absolute atomic E-state index is 0.0154. The van der Waals surface area contributed by atoms with Gasteiger partial charge in [-0.25, -0.2) is 0 Å². The number of ketones is 2. The summed E-state index contributed by atoms with van der Waals surface area (Å²) in [6.07, 6.45) is 35.0. The molecule has 12 atom stereocenters. The molecule has 0 aromatic rings. The van der Waals surface area contributed by atoms with Crippen molar-refractivity contribution in [2.24, 2.45) is 161 Å². The summed E-state index contributed by atoms with van der Waals surface area (Å²) in [6.45, 7) is 18.9. The lowest BCUT2D eigenvalue weighted by Crippen LogP contribution is -2.63. The zero-order valence-corrected chi connectivity index (χ0v) is 71.6. The molecule has 27 rings (SSSR count). The van der Waals surface area contributed by atoms with Gasteiger partial charge >= 0.3 is 41.8 Å². The van der Waals surface area contributed by atoms with E-state index in [9.17, 15) is 43.2 Å². The first-order valence-electron chi connectivity index (χ1n) is 47.0. The van der Waals surface area contributed by atoms with Crippen molar-refractivity contribution in [1.29, 1.82) is 0 Å². The molecule has 27 aliphatic rings. The fourth-order valence-electron chi connectivity index (χ4n) is 31.8. The first kappa shape index (κ1) is 81.2. The minimum atomic E-state index is -0.872. The third-order valence-electron chi connectivity index (χ3n) is 35.4. The van der Waals surface area contributed by atoms with Gasteiger partial charge < -0.3 is 52.1 Å². The Balaban J connectivity index is 0.000000133. The number of rotatable bonds is 18. The summed E-state index contributed by atoms with van der Waals surface area (Å²) >= 11 is 0. The molecular weight excluding hydrogens is 1470 g/mol. The molecule has 116 heavy (non-hydrogen) atoms. The van der Waals surface area contributed by atoms with Crippen LogP contribution in [0.15, 0.2) is 0 Å². The Morgan fingerprint density at radius 3 is 0.819 bits per heavy atom. The van der Waals surface area contributed by atoms with Crippen LogP contribution in [0, 0.1) is 161 Å². The molecule has 20 heteroatoms. The molecule has 2 spiro atoms. The van der Waals surface area contributed by atoms with Gasteiger partial charge in [0.15, 0.2) is 11.6 Å². The van der Waals surface area contributed by atoms with Gasteiger partial charge in [-0.1, -0.05) is 19.3 Å². The molecule has 25 aliphatic carbocycles. The molecule has 642 valence electrons. The number of hydrogen-bond acceptors (Lipinski definition) is 20. The van der Waals surface area contributed by atoms with E-state index in [0.29, 0.717) is 122 Å². The normalized spacial score (nSPS) is 47.2. The van der Waals surface area contributed by atoms with E-state index < -0.39 is 57.7 Å². The van der Waals surface area contributed by atoms with Crippen LogP contribution in [0.3, 0.4) is 0 Å². The van der Waals surface area contributed by atoms with Crippen molar-refractivity contribution < 1.29 is 95.3 Å². The summed E-state index contributed by atoms with van der Waals surface area (Å²) in [5, 5.41) is 0. The van der Waals surface area contributed by atoms with Crippen LogP contribution in [-0.2, 0) is 95.3 Å². The third kappa shape index (κ3) is 14.7. The van der Waals surface area contributed by atoms with E-state index in [-0.39, 0.29) is 143 Å². The average Bonchev–Trinajstić information content (AvgIpc) is 1.44. The van der Waals surface area contributed by atoms with Crippen LogP contribution in [0.2, 0.25) is 0 Å². The lowest BCUT2D eigenvalue weighted by atomic mass is 9.47. The number of carbonyl (C=O) groups excluding carboxylic acids is 9. The molecular formula is C96H138O20. The Morgan fingerprint density at radius 1 is 0.293 bits per heavy atom. The molecule has 0 aromatic heterocycles. The number of carbonyl (C=O) groups is 9. The number of ether oxygens (including phenoxy) is 11. The van der Waals surface area contributed by atoms with Crippen molar-refractivity contribution in [3.63, 3.8) is 0 Å². The van der Waals surface area contributed by atoms with Gasteiger partial charge in [-0.3, -0.25) is 43.2 Å². The largest absolute Gasteiger partial charge is 0.465 e. The van der Waals surface area contributed by atoms with Gasteiger partial charge in [-0.2, -0.15) is 0 Å². The lowest BCUT2D eigenvalue weighted by molar-refractivity contribution is -0.317. The van der Waals surface area contributed by atoms with Crippen molar-refractivity contribution >= 4 is 53.4 Å². The van der Waals surface area contributed by atoms with Gasteiger partial charge in [0.1, 0.15) is 62.4 Å². The average molecular weight is 1610 g/mol. The van der Waals surface area contributed by atoms with Crippen molar-refractivity contribution in [3.05, 3.63) is 0 Å². The van der Waals surface area contributed by atoms with E-state index in [4.69, 9.17) is 52.1 Å². The zero-order valence-electron chi connectivity index (χ0n) is 71.6. The zero-order chi connectivity index (χ0) is 80.9. The van der Waals surface area contributed by atoms with Crippen LogP contribution in [-0.4, -0.2) is 136 Å². The van der Waals surface area contributed by atoms with Crippen LogP contribution >= 0.6 is 0 Å². The predicted octanol–water partition coefficient (Wildman–Crippen LogP) is 16.3. The van der Waals surface area contributed by atoms with Crippen LogP contribution in [0.5, 0.6) is 0 Å². The molecule has 0 amide bonds. The molecule has 24 bridgehead atoms. The Morgan fingerprint density at radius 2 is 0.543 bits per heavy atom.